The highest BCUT2D eigenvalue weighted by Gasteiger charge is 2.36. The van der Waals surface area contributed by atoms with E-state index in [1.807, 2.05) is 32.8 Å². The van der Waals surface area contributed by atoms with Crippen LogP contribution in [0.1, 0.15) is 30.6 Å². The summed E-state index contributed by atoms with van der Waals surface area (Å²) in [5, 5.41) is 0. The van der Waals surface area contributed by atoms with E-state index in [2.05, 4.69) is 15.9 Å². The van der Waals surface area contributed by atoms with E-state index in [1.165, 1.54) is 0 Å². The van der Waals surface area contributed by atoms with Crippen molar-refractivity contribution < 1.29 is 14.3 Å². The highest BCUT2D eigenvalue weighted by atomic mass is 79.9. The second-order valence-electron chi connectivity index (χ2n) is 5.01. The lowest BCUT2D eigenvalue weighted by atomic mass is 9.87. The number of halogens is 1. The van der Waals surface area contributed by atoms with Gasteiger partial charge in [0.1, 0.15) is 16.0 Å². The van der Waals surface area contributed by atoms with Crippen LogP contribution >= 0.6 is 15.9 Å². The molecule has 0 saturated carbocycles. The summed E-state index contributed by atoms with van der Waals surface area (Å²) in [4.78, 5) is 14.8. The molecule has 0 aliphatic heterocycles. The molecule has 0 spiro atoms. The van der Waals surface area contributed by atoms with Crippen molar-refractivity contribution >= 4 is 21.7 Å². The SMILES string of the molecule is CCC(C)(C(=O)c1ccc(OC)c(Br)c1OC)N(C)C. The Kier molecular flexibility index (Phi) is 5.59. The van der Waals surface area contributed by atoms with E-state index in [9.17, 15) is 4.79 Å². The molecule has 0 radical (unpaired) electrons. The molecule has 20 heavy (non-hydrogen) atoms. The van der Waals surface area contributed by atoms with Crippen LogP contribution in [0.3, 0.4) is 0 Å². The van der Waals surface area contributed by atoms with Gasteiger partial charge in [-0.3, -0.25) is 9.69 Å². The minimum Gasteiger partial charge on any atom is -0.495 e. The van der Waals surface area contributed by atoms with Crippen LogP contribution in [0.15, 0.2) is 16.6 Å². The maximum atomic E-state index is 12.9. The van der Waals surface area contributed by atoms with Crippen molar-refractivity contribution in [3.8, 4) is 11.5 Å². The maximum absolute atomic E-state index is 12.9. The normalized spacial score (nSPS) is 14.0. The molecule has 1 atom stereocenters. The number of ether oxygens (including phenoxy) is 2. The zero-order chi connectivity index (χ0) is 15.5. The van der Waals surface area contributed by atoms with Gasteiger partial charge in [-0.05, 0) is 55.5 Å². The lowest BCUT2D eigenvalue weighted by Gasteiger charge is -2.34. The quantitative estimate of drug-likeness (QED) is 0.742. The molecule has 0 aliphatic carbocycles. The number of likely N-dealkylation sites (N-methyl/N-ethyl adjacent to an activating group) is 1. The summed E-state index contributed by atoms with van der Waals surface area (Å²) in [7, 11) is 6.95. The molecule has 0 aromatic heterocycles. The molecule has 0 saturated heterocycles. The van der Waals surface area contributed by atoms with Gasteiger partial charge in [-0.2, -0.15) is 0 Å². The Morgan fingerprint density at radius 1 is 1.30 bits per heavy atom. The predicted molar refractivity (Wildman–Crippen MR) is 84.0 cm³/mol. The van der Waals surface area contributed by atoms with Gasteiger partial charge < -0.3 is 9.47 Å². The first-order chi connectivity index (χ1) is 9.33. The van der Waals surface area contributed by atoms with Crippen LogP contribution in [-0.2, 0) is 0 Å². The number of nitrogens with zero attached hydrogens (tertiary/aromatic N) is 1. The number of hydrogen-bond acceptors (Lipinski definition) is 4. The van der Waals surface area contributed by atoms with E-state index in [1.54, 1.807) is 26.4 Å². The van der Waals surface area contributed by atoms with Crippen LogP contribution in [0.4, 0.5) is 0 Å². The Hall–Kier alpha value is -1.07. The minimum absolute atomic E-state index is 0.0326. The Bertz CT molecular complexity index is 502. The summed E-state index contributed by atoms with van der Waals surface area (Å²) >= 11 is 3.43. The van der Waals surface area contributed by atoms with Gasteiger partial charge in [-0.25, -0.2) is 0 Å². The van der Waals surface area contributed by atoms with Crippen molar-refractivity contribution in [2.75, 3.05) is 28.3 Å². The topological polar surface area (TPSA) is 38.8 Å². The van der Waals surface area contributed by atoms with E-state index < -0.39 is 5.54 Å². The molecular formula is C15H22BrNO3. The number of methoxy groups -OCH3 is 2. The molecule has 1 rings (SSSR count). The fourth-order valence-corrected chi connectivity index (χ4v) is 2.71. The molecule has 1 unspecified atom stereocenters. The van der Waals surface area contributed by atoms with Crippen molar-refractivity contribution in [3.63, 3.8) is 0 Å². The van der Waals surface area contributed by atoms with Crippen LogP contribution in [0, 0.1) is 0 Å². The van der Waals surface area contributed by atoms with Gasteiger partial charge in [0.2, 0.25) is 0 Å². The third kappa shape index (κ3) is 2.83. The number of rotatable bonds is 6. The molecule has 1 aromatic rings. The zero-order valence-electron chi connectivity index (χ0n) is 12.9. The molecule has 0 fully saturated rings. The van der Waals surface area contributed by atoms with Crippen molar-refractivity contribution in [1.82, 2.24) is 4.90 Å². The number of benzene rings is 1. The van der Waals surface area contributed by atoms with E-state index in [4.69, 9.17) is 9.47 Å². The number of ketones is 1. The van der Waals surface area contributed by atoms with Gasteiger partial charge in [-0.1, -0.05) is 6.92 Å². The smallest absolute Gasteiger partial charge is 0.186 e. The first kappa shape index (κ1) is 17.0. The van der Waals surface area contributed by atoms with Gasteiger partial charge in [0.05, 0.1) is 25.3 Å². The lowest BCUT2D eigenvalue weighted by molar-refractivity contribution is 0.0707. The molecule has 0 heterocycles. The summed E-state index contributed by atoms with van der Waals surface area (Å²) in [5.41, 5.74) is -0.0142. The summed E-state index contributed by atoms with van der Waals surface area (Å²) in [5.74, 6) is 1.18. The van der Waals surface area contributed by atoms with Gasteiger partial charge in [0.15, 0.2) is 5.78 Å². The average molecular weight is 344 g/mol. The molecular weight excluding hydrogens is 322 g/mol. The summed E-state index contributed by atoms with van der Waals surface area (Å²) in [6.07, 6.45) is 0.714. The summed E-state index contributed by atoms with van der Waals surface area (Å²) < 4.78 is 11.3. The van der Waals surface area contributed by atoms with Gasteiger partial charge in [0, 0.05) is 0 Å². The summed E-state index contributed by atoms with van der Waals surface area (Å²) in [6, 6.07) is 3.52. The van der Waals surface area contributed by atoms with E-state index >= 15 is 0 Å². The molecule has 0 N–H and O–H groups in total. The van der Waals surface area contributed by atoms with Crippen molar-refractivity contribution in [1.29, 1.82) is 0 Å². The minimum atomic E-state index is -0.568. The first-order valence-electron chi connectivity index (χ1n) is 6.46. The molecule has 112 valence electrons. The van der Waals surface area contributed by atoms with Gasteiger partial charge >= 0.3 is 0 Å². The number of carbonyl (C=O) groups is 1. The molecule has 5 heteroatoms. The van der Waals surface area contributed by atoms with E-state index in [0.29, 0.717) is 28.0 Å². The highest BCUT2D eigenvalue weighted by Crippen LogP contribution is 2.39. The largest absolute Gasteiger partial charge is 0.495 e. The average Bonchev–Trinajstić information content (AvgIpc) is 2.44. The van der Waals surface area contributed by atoms with Crippen LogP contribution in [0.2, 0.25) is 0 Å². The fraction of sp³-hybridized carbons (Fsp3) is 0.533. The van der Waals surface area contributed by atoms with E-state index in [-0.39, 0.29) is 5.78 Å². The number of carbonyl (C=O) groups excluding carboxylic acids is 1. The van der Waals surface area contributed by atoms with Gasteiger partial charge in [0.25, 0.3) is 0 Å². The highest BCUT2D eigenvalue weighted by molar-refractivity contribution is 9.10. The van der Waals surface area contributed by atoms with Crippen LogP contribution in [0.5, 0.6) is 11.5 Å². The molecule has 4 nitrogen and oxygen atoms in total. The first-order valence-corrected chi connectivity index (χ1v) is 7.25. The zero-order valence-corrected chi connectivity index (χ0v) is 14.5. The second-order valence-corrected chi connectivity index (χ2v) is 5.81. The Morgan fingerprint density at radius 2 is 1.90 bits per heavy atom. The number of hydrogen-bond donors (Lipinski definition) is 0. The summed E-state index contributed by atoms with van der Waals surface area (Å²) in [6.45, 7) is 3.94. The van der Waals surface area contributed by atoms with Crippen LogP contribution < -0.4 is 9.47 Å². The van der Waals surface area contributed by atoms with Crippen LogP contribution in [-0.4, -0.2) is 44.5 Å². The Morgan fingerprint density at radius 3 is 2.30 bits per heavy atom. The van der Waals surface area contributed by atoms with Gasteiger partial charge in [-0.15, -0.1) is 0 Å². The molecule has 0 bridgehead atoms. The maximum Gasteiger partial charge on any atom is 0.186 e. The second kappa shape index (κ2) is 6.59. The molecule has 1 aromatic carbocycles. The van der Waals surface area contributed by atoms with E-state index in [0.717, 1.165) is 0 Å². The third-order valence-electron chi connectivity index (χ3n) is 3.90. The predicted octanol–water partition coefficient (Wildman–Crippen LogP) is 3.38. The lowest BCUT2D eigenvalue weighted by Crippen LogP contribution is -2.48. The monoisotopic (exact) mass is 343 g/mol. The molecule has 0 amide bonds. The van der Waals surface area contributed by atoms with Crippen molar-refractivity contribution in [2.24, 2.45) is 0 Å². The van der Waals surface area contributed by atoms with Crippen molar-refractivity contribution in [3.05, 3.63) is 22.2 Å². The van der Waals surface area contributed by atoms with Crippen molar-refractivity contribution in [2.45, 2.75) is 25.8 Å². The Balaban J connectivity index is 3.40. The third-order valence-corrected chi connectivity index (χ3v) is 4.65. The number of Topliss-reactive ketones (excluding diaryl/α,β-unsaturated/α-hetero) is 1. The fourth-order valence-electron chi connectivity index (χ4n) is 2.04. The standard InChI is InChI=1S/C15H22BrNO3/c1-7-15(2,17(3)4)14(18)10-8-9-11(19-5)12(16)13(10)20-6/h8-9H,7H2,1-6H3. The van der Waals surface area contributed by atoms with Crippen LogP contribution in [0.25, 0.3) is 0 Å². The Labute approximate surface area is 129 Å². The molecule has 0 aliphatic rings.